The van der Waals surface area contributed by atoms with E-state index < -0.39 is 11.6 Å². The van der Waals surface area contributed by atoms with Gasteiger partial charge in [-0.05, 0) is 33.1 Å². The Bertz CT molecular complexity index is 344. The highest BCUT2D eigenvalue weighted by Gasteiger charge is 2.55. The average Bonchev–Trinajstić information content (AvgIpc) is 2.14. The summed E-state index contributed by atoms with van der Waals surface area (Å²) in [6.07, 6.45) is 2.11. The topological polar surface area (TPSA) is 49.8 Å². The maximum atomic E-state index is 11.2. The number of hydrogen-bond donors (Lipinski definition) is 1. The van der Waals surface area contributed by atoms with Crippen LogP contribution in [0, 0.1) is 5.92 Å². The first-order valence-corrected chi connectivity index (χ1v) is 5.73. The van der Waals surface area contributed by atoms with Gasteiger partial charge in [0.15, 0.2) is 5.60 Å². The van der Waals surface area contributed by atoms with Crippen LogP contribution in [0.15, 0.2) is 12.3 Å². The van der Waals surface area contributed by atoms with Gasteiger partial charge in [-0.25, -0.2) is 4.79 Å². The second kappa shape index (κ2) is 3.23. The second-order valence-electron chi connectivity index (χ2n) is 5.41. The minimum absolute atomic E-state index is 0.158. The van der Waals surface area contributed by atoms with E-state index in [1.165, 1.54) is 0 Å². The molecule has 2 aliphatic rings. The number of nitrogens with zero attached hydrogens (tertiary/aromatic N) is 1. The lowest BCUT2D eigenvalue weighted by Gasteiger charge is -2.58. The van der Waals surface area contributed by atoms with Gasteiger partial charge in [0.25, 0.3) is 0 Å². The highest BCUT2D eigenvalue weighted by atomic mass is 16.7. The number of carbonyl (C=O) groups is 1. The molecule has 2 rings (SSSR count). The molecule has 0 aromatic rings. The molecule has 0 radical (unpaired) electrons. The van der Waals surface area contributed by atoms with Crippen molar-refractivity contribution in [2.24, 2.45) is 5.92 Å². The summed E-state index contributed by atoms with van der Waals surface area (Å²) >= 11 is 0. The normalized spacial score (nSPS) is 30.6. The Morgan fingerprint density at radius 2 is 2.12 bits per heavy atom. The fraction of sp³-hybridized carbons (Fsp3) is 0.750. The fourth-order valence-corrected chi connectivity index (χ4v) is 2.26. The maximum absolute atomic E-state index is 11.2. The SMILES string of the molecule is C=C1C(C)C(C)(C)N1OC1(C(=O)O)CCC1. The van der Waals surface area contributed by atoms with Crippen LogP contribution in [-0.4, -0.2) is 27.3 Å². The molecule has 0 amide bonds. The third kappa shape index (κ3) is 1.29. The van der Waals surface area contributed by atoms with Crippen molar-refractivity contribution in [1.82, 2.24) is 5.06 Å². The summed E-state index contributed by atoms with van der Waals surface area (Å²) < 4.78 is 0. The molecule has 0 aromatic heterocycles. The van der Waals surface area contributed by atoms with Gasteiger partial charge in [-0.3, -0.25) is 9.90 Å². The van der Waals surface area contributed by atoms with E-state index in [0.29, 0.717) is 18.8 Å². The molecule has 90 valence electrons. The molecule has 2 fully saturated rings. The first-order chi connectivity index (χ1) is 7.31. The van der Waals surface area contributed by atoms with Gasteiger partial charge in [-0.15, -0.1) is 0 Å². The molecule has 4 heteroatoms. The van der Waals surface area contributed by atoms with E-state index in [-0.39, 0.29) is 5.54 Å². The smallest absolute Gasteiger partial charge is 0.338 e. The van der Waals surface area contributed by atoms with Crippen LogP contribution in [-0.2, 0) is 9.63 Å². The first kappa shape index (κ1) is 11.5. The number of aliphatic carboxylic acids is 1. The molecule has 1 unspecified atom stereocenters. The third-order valence-electron chi connectivity index (χ3n) is 4.16. The summed E-state index contributed by atoms with van der Waals surface area (Å²) in [5.41, 5.74) is -0.285. The van der Waals surface area contributed by atoms with E-state index in [1.54, 1.807) is 5.06 Å². The van der Waals surface area contributed by atoms with Crippen LogP contribution < -0.4 is 0 Å². The Morgan fingerprint density at radius 3 is 2.44 bits per heavy atom. The van der Waals surface area contributed by atoms with Crippen molar-refractivity contribution in [2.45, 2.75) is 51.2 Å². The highest BCUT2D eigenvalue weighted by molar-refractivity contribution is 5.78. The first-order valence-electron chi connectivity index (χ1n) is 5.73. The minimum Gasteiger partial charge on any atom is -0.479 e. The van der Waals surface area contributed by atoms with Gasteiger partial charge < -0.3 is 5.11 Å². The number of hydrogen-bond acceptors (Lipinski definition) is 3. The molecule has 1 atom stereocenters. The molecule has 16 heavy (non-hydrogen) atoms. The molecule has 0 spiro atoms. The molecule has 1 aliphatic heterocycles. The minimum atomic E-state index is -1.000. The van der Waals surface area contributed by atoms with E-state index in [4.69, 9.17) is 4.84 Å². The van der Waals surface area contributed by atoms with Crippen molar-refractivity contribution in [3.05, 3.63) is 12.3 Å². The molecule has 1 saturated heterocycles. The van der Waals surface area contributed by atoms with E-state index in [1.807, 2.05) is 13.8 Å². The van der Waals surface area contributed by atoms with Crippen LogP contribution in [0.2, 0.25) is 0 Å². The van der Waals surface area contributed by atoms with Gasteiger partial charge in [0.1, 0.15) is 0 Å². The van der Waals surface area contributed by atoms with Gasteiger partial charge >= 0.3 is 5.97 Å². The summed E-state index contributed by atoms with van der Waals surface area (Å²) in [5, 5.41) is 10.9. The summed E-state index contributed by atoms with van der Waals surface area (Å²) in [4.78, 5) is 16.9. The molecule has 1 heterocycles. The average molecular weight is 225 g/mol. The lowest BCUT2D eigenvalue weighted by Crippen LogP contribution is -2.65. The molecule has 4 nitrogen and oxygen atoms in total. The summed E-state index contributed by atoms with van der Waals surface area (Å²) in [6.45, 7) is 10.1. The van der Waals surface area contributed by atoms with Crippen LogP contribution in [0.5, 0.6) is 0 Å². The van der Waals surface area contributed by atoms with Crippen molar-refractivity contribution < 1.29 is 14.7 Å². The maximum Gasteiger partial charge on any atom is 0.338 e. The Hall–Kier alpha value is -1.03. The zero-order valence-electron chi connectivity index (χ0n) is 10.1. The molecule has 1 aliphatic carbocycles. The van der Waals surface area contributed by atoms with Crippen molar-refractivity contribution in [3.8, 4) is 0 Å². The number of hydroxylamine groups is 2. The lowest BCUT2D eigenvalue weighted by molar-refractivity contribution is -0.323. The van der Waals surface area contributed by atoms with Crippen LogP contribution in [0.25, 0.3) is 0 Å². The van der Waals surface area contributed by atoms with Crippen molar-refractivity contribution >= 4 is 5.97 Å². The van der Waals surface area contributed by atoms with Crippen LogP contribution in [0.4, 0.5) is 0 Å². The van der Waals surface area contributed by atoms with Gasteiger partial charge in [0, 0.05) is 11.6 Å². The molecule has 0 aromatic carbocycles. The van der Waals surface area contributed by atoms with E-state index in [2.05, 4.69) is 13.5 Å². The number of carboxylic acid groups (broad SMARTS) is 1. The highest BCUT2D eigenvalue weighted by Crippen LogP contribution is 2.48. The third-order valence-corrected chi connectivity index (χ3v) is 4.16. The van der Waals surface area contributed by atoms with Gasteiger partial charge in [-0.2, -0.15) is 0 Å². The summed E-state index contributed by atoms with van der Waals surface area (Å²) in [6, 6.07) is 0. The molecular weight excluding hydrogens is 206 g/mol. The van der Waals surface area contributed by atoms with E-state index >= 15 is 0 Å². The van der Waals surface area contributed by atoms with E-state index in [0.717, 1.165) is 12.1 Å². The van der Waals surface area contributed by atoms with Crippen molar-refractivity contribution in [1.29, 1.82) is 0 Å². The summed E-state index contributed by atoms with van der Waals surface area (Å²) in [7, 11) is 0. The Balaban J connectivity index is 2.11. The largest absolute Gasteiger partial charge is 0.479 e. The summed E-state index contributed by atoms with van der Waals surface area (Å²) in [5.74, 6) is -0.527. The van der Waals surface area contributed by atoms with Crippen molar-refractivity contribution in [2.75, 3.05) is 0 Å². The predicted molar refractivity (Wildman–Crippen MR) is 59.5 cm³/mol. The van der Waals surface area contributed by atoms with Crippen LogP contribution >= 0.6 is 0 Å². The Kier molecular flexibility index (Phi) is 2.31. The standard InChI is InChI=1S/C12H19NO3/c1-8-9(2)13(11(8,3)4)16-12(10(14)15)6-5-7-12/h8H,2,5-7H2,1,3-4H3,(H,14,15). The second-order valence-corrected chi connectivity index (χ2v) is 5.41. The quantitative estimate of drug-likeness (QED) is 0.799. The molecular formula is C12H19NO3. The Labute approximate surface area is 95.8 Å². The van der Waals surface area contributed by atoms with Gasteiger partial charge in [-0.1, -0.05) is 13.5 Å². The zero-order valence-corrected chi connectivity index (χ0v) is 10.1. The monoisotopic (exact) mass is 225 g/mol. The van der Waals surface area contributed by atoms with Gasteiger partial charge in [0.05, 0.1) is 5.54 Å². The van der Waals surface area contributed by atoms with Crippen molar-refractivity contribution in [3.63, 3.8) is 0 Å². The molecule has 1 N–H and O–H groups in total. The number of rotatable bonds is 3. The number of carboxylic acids is 1. The predicted octanol–water partition coefficient (Wildman–Crippen LogP) is 2.17. The van der Waals surface area contributed by atoms with Gasteiger partial charge in [0.2, 0.25) is 0 Å². The molecule has 0 bridgehead atoms. The lowest BCUT2D eigenvalue weighted by atomic mass is 9.76. The fourth-order valence-electron chi connectivity index (χ4n) is 2.26. The van der Waals surface area contributed by atoms with E-state index in [9.17, 15) is 9.90 Å². The van der Waals surface area contributed by atoms with Crippen LogP contribution in [0.1, 0.15) is 40.0 Å². The zero-order chi connectivity index (χ0) is 12.1. The molecule has 1 saturated carbocycles. The van der Waals surface area contributed by atoms with Crippen LogP contribution in [0.3, 0.4) is 0 Å². The Morgan fingerprint density at radius 1 is 1.56 bits per heavy atom.